The Hall–Kier alpha value is -13.1. The first-order valence-corrected chi connectivity index (χ1v) is 35.2. The summed E-state index contributed by atoms with van der Waals surface area (Å²) in [7, 11) is 0. The zero-order valence-corrected chi connectivity index (χ0v) is 57.3. The maximum absolute atomic E-state index is 2.38. The molecule has 0 spiro atoms. The Bertz CT molecular complexity index is 6110. The van der Waals surface area contributed by atoms with Crippen LogP contribution >= 0.6 is 0 Å². The van der Waals surface area contributed by atoms with Crippen LogP contribution in [0.3, 0.4) is 0 Å². The van der Waals surface area contributed by atoms with E-state index in [1.54, 1.807) is 0 Å². The molecule has 19 rings (SSSR count). The van der Waals surface area contributed by atoms with E-state index < -0.39 is 0 Å². The van der Waals surface area contributed by atoms with Crippen LogP contribution in [0.4, 0.5) is 0 Å². The largest absolute Gasteiger partial charge is 0.309 e. The quantitative estimate of drug-likeness (QED) is 0.130. The van der Waals surface area contributed by atoms with Gasteiger partial charge in [0.25, 0.3) is 0 Å². The number of aromatic nitrogens is 3. The Kier molecular flexibility index (Phi) is 16.7. The van der Waals surface area contributed by atoms with Crippen LogP contribution < -0.4 is 0 Å². The summed E-state index contributed by atoms with van der Waals surface area (Å²) in [5.74, 6) is 0. The van der Waals surface area contributed by atoms with Gasteiger partial charge in [0.2, 0.25) is 0 Å². The maximum Gasteiger partial charge on any atom is 0.0541 e. The highest BCUT2D eigenvalue weighted by atomic mass is 15.0. The number of benzene rings is 16. The molecule has 0 saturated heterocycles. The molecule has 0 aliphatic rings. The molecule has 0 radical (unpaired) electrons. The zero-order chi connectivity index (χ0) is 68.5. The van der Waals surface area contributed by atoms with Crippen LogP contribution in [0.25, 0.3) is 160 Å². The third kappa shape index (κ3) is 12.2. The smallest absolute Gasteiger partial charge is 0.0541 e. The van der Waals surface area contributed by atoms with Crippen LogP contribution in [0.15, 0.2) is 388 Å². The lowest BCUT2D eigenvalue weighted by molar-refractivity contribution is 1.18. The van der Waals surface area contributed by atoms with Crippen molar-refractivity contribution >= 4 is 65.4 Å². The summed E-state index contributed by atoms with van der Waals surface area (Å²) in [5.41, 5.74) is 32.1. The summed E-state index contributed by atoms with van der Waals surface area (Å²) in [4.78, 5) is 0. The number of hydrogen-bond donors (Lipinski definition) is 0. The second-order valence-electron chi connectivity index (χ2n) is 26.7. The van der Waals surface area contributed by atoms with Crippen molar-refractivity contribution in [3.8, 4) is 95.0 Å². The van der Waals surface area contributed by atoms with Gasteiger partial charge in [0.15, 0.2) is 0 Å². The van der Waals surface area contributed by atoms with Crippen LogP contribution in [0, 0.1) is 20.8 Å². The molecule has 102 heavy (non-hydrogen) atoms. The standard InChI is InChI=1S/C37H27N.2C31H23N/c1-26-11-13-28(14-12-26)29-15-17-30(18-16-29)31-19-22-33(23-20-31)38-36-10-6-5-9-34(36)35-25-32(21-24-37(35)38)27-7-3-2-4-8-27;1-22-10-12-23(13-11-22)24-14-16-25(17-15-24)26-18-20-27(21-19-26)32-30-8-4-2-6-28(30)29-7-3-5-9-31(29)32;1-22-11-13-24(14-12-22)25-15-18-27(19-16-25)32-30-10-6-5-9-28(30)29-21-26(17-20-31(29)32)23-7-3-2-4-8-23/h2-25H,1H3;2*2-21H,1H3. The number of nitrogens with zero attached hydrogens (tertiary/aromatic N) is 3. The van der Waals surface area contributed by atoms with Crippen molar-refractivity contribution in [1.82, 2.24) is 13.7 Å². The van der Waals surface area contributed by atoms with Gasteiger partial charge in [-0.2, -0.15) is 0 Å². The summed E-state index contributed by atoms with van der Waals surface area (Å²) in [6.07, 6.45) is 0. The molecule has 0 aliphatic heterocycles. The lowest BCUT2D eigenvalue weighted by Gasteiger charge is -2.10. The minimum absolute atomic E-state index is 1.17. The Labute approximate surface area is 596 Å². The third-order valence-electron chi connectivity index (χ3n) is 20.1. The van der Waals surface area contributed by atoms with E-state index in [1.165, 1.54) is 177 Å². The van der Waals surface area contributed by atoms with Gasteiger partial charge in [0.1, 0.15) is 0 Å². The van der Waals surface area contributed by atoms with Crippen LogP contribution in [-0.4, -0.2) is 13.7 Å². The normalized spacial score (nSPS) is 11.3. The number of para-hydroxylation sites is 4. The highest BCUT2D eigenvalue weighted by molar-refractivity contribution is 6.12. The van der Waals surface area contributed by atoms with Gasteiger partial charge in [-0.3, -0.25) is 0 Å². The molecule has 484 valence electrons. The Morgan fingerprint density at radius 2 is 0.314 bits per heavy atom. The molecule has 0 bridgehead atoms. The number of rotatable bonds is 10. The Balaban J connectivity index is 0.000000114. The molecule has 0 amide bonds. The summed E-state index contributed by atoms with van der Waals surface area (Å²) < 4.78 is 7.11. The van der Waals surface area contributed by atoms with Gasteiger partial charge in [-0.1, -0.05) is 320 Å². The molecular weight excluding hydrogens is 1230 g/mol. The second-order valence-corrected chi connectivity index (χ2v) is 26.7. The van der Waals surface area contributed by atoms with Crippen molar-refractivity contribution in [3.05, 3.63) is 405 Å². The van der Waals surface area contributed by atoms with Crippen LogP contribution in [-0.2, 0) is 0 Å². The van der Waals surface area contributed by atoms with Crippen molar-refractivity contribution in [3.63, 3.8) is 0 Å². The van der Waals surface area contributed by atoms with Gasteiger partial charge in [0.05, 0.1) is 33.1 Å². The van der Waals surface area contributed by atoms with Crippen molar-refractivity contribution in [2.75, 3.05) is 0 Å². The first kappa shape index (κ1) is 62.4. The lowest BCUT2D eigenvalue weighted by Crippen LogP contribution is -1.93. The molecular formula is C99H73N3. The number of fused-ring (bicyclic) bond motifs is 9. The molecule has 3 aromatic heterocycles. The zero-order valence-electron chi connectivity index (χ0n) is 57.3. The first-order valence-electron chi connectivity index (χ1n) is 35.2. The summed E-state index contributed by atoms with van der Waals surface area (Å²) >= 11 is 0. The monoisotopic (exact) mass is 1300 g/mol. The van der Waals surface area contributed by atoms with Crippen LogP contribution in [0.2, 0.25) is 0 Å². The topological polar surface area (TPSA) is 14.8 Å². The van der Waals surface area contributed by atoms with Gasteiger partial charge < -0.3 is 13.7 Å². The molecule has 3 nitrogen and oxygen atoms in total. The second kappa shape index (κ2) is 27.3. The minimum Gasteiger partial charge on any atom is -0.309 e. The van der Waals surface area contributed by atoms with E-state index in [2.05, 4.69) is 423 Å². The molecule has 16 aromatic carbocycles. The highest BCUT2D eigenvalue weighted by Crippen LogP contribution is 2.39. The van der Waals surface area contributed by atoms with E-state index in [0.29, 0.717) is 0 Å². The van der Waals surface area contributed by atoms with Crippen molar-refractivity contribution in [2.45, 2.75) is 20.8 Å². The van der Waals surface area contributed by atoms with Crippen LogP contribution in [0.1, 0.15) is 16.7 Å². The lowest BCUT2D eigenvalue weighted by atomic mass is 9.99. The number of aryl methyl sites for hydroxylation is 3. The predicted molar refractivity (Wildman–Crippen MR) is 435 cm³/mol. The maximum atomic E-state index is 2.38. The third-order valence-corrected chi connectivity index (χ3v) is 20.1. The summed E-state index contributed by atoms with van der Waals surface area (Å²) in [5, 5.41) is 7.69. The number of hydrogen-bond acceptors (Lipinski definition) is 0. The highest BCUT2D eigenvalue weighted by Gasteiger charge is 2.17. The fourth-order valence-electron chi connectivity index (χ4n) is 14.7. The van der Waals surface area contributed by atoms with Gasteiger partial charge >= 0.3 is 0 Å². The molecule has 0 atom stereocenters. The molecule has 3 heterocycles. The molecule has 0 unspecified atom stereocenters. The molecule has 0 aliphatic carbocycles. The van der Waals surface area contributed by atoms with Gasteiger partial charge in [0, 0.05) is 49.4 Å². The molecule has 0 saturated carbocycles. The minimum atomic E-state index is 1.17. The Morgan fingerprint density at radius 3 is 0.569 bits per heavy atom. The van der Waals surface area contributed by atoms with E-state index in [9.17, 15) is 0 Å². The SMILES string of the molecule is Cc1ccc(-c2ccc(-c3ccc(-n4c5ccccc5c5cc(-c6ccccc6)ccc54)cc3)cc2)cc1.Cc1ccc(-c2ccc(-c3ccc(-n4c5ccccc5c5ccccc54)cc3)cc2)cc1.Cc1ccc(-c2ccc(-n3c4ccccc4c4cc(-c5ccccc5)ccc43)cc2)cc1. The molecule has 3 heteroatoms. The fourth-order valence-corrected chi connectivity index (χ4v) is 14.7. The molecule has 0 N–H and O–H groups in total. The van der Waals surface area contributed by atoms with Crippen LogP contribution in [0.5, 0.6) is 0 Å². The Morgan fingerprint density at radius 1 is 0.137 bits per heavy atom. The molecule has 0 fully saturated rings. The summed E-state index contributed by atoms with van der Waals surface area (Å²) in [6, 6.07) is 140. The first-order chi connectivity index (χ1) is 50.3. The van der Waals surface area contributed by atoms with Gasteiger partial charge in [-0.15, -0.1) is 0 Å². The van der Waals surface area contributed by atoms with Gasteiger partial charge in [-0.05, 0) is 184 Å². The predicted octanol–water partition coefficient (Wildman–Crippen LogP) is 26.9. The van der Waals surface area contributed by atoms with E-state index in [0.717, 1.165) is 0 Å². The van der Waals surface area contributed by atoms with Crippen molar-refractivity contribution < 1.29 is 0 Å². The van der Waals surface area contributed by atoms with E-state index in [-0.39, 0.29) is 0 Å². The van der Waals surface area contributed by atoms with Crippen molar-refractivity contribution in [1.29, 1.82) is 0 Å². The van der Waals surface area contributed by atoms with Gasteiger partial charge in [-0.25, -0.2) is 0 Å². The molecule has 19 aromatic rings. The average molecular weight is 1300 g/mol. The fraction of sp³-hybridized carbons (Fsp3) is 0.0303. The van der Waals surface area contributed by atoms with E-state index in [4.69, 9.17) is 0 Å². The van der Waals surface area contributed by atoms with E-state index >= 15 is 0 Å². The van der Waals surface area contributed by atoms with Crippen molar-refractivity contribution in [2.24, 2.45) is 0 Å². The summed E-state index contributed by atoms with van der Waals surface area (Å²) in [6.45, 7) is 6.37. The average Bonchev–Trinajstić information content (AvgIpc) is 1.60. The van der Waals surface area contributed by atoms with E-state index in [1.807, 2.05) is 0 Å².